The van der Waals surface area contributed by atoms with E-state index in [1.54, 1.807) is 0 Å². The molecule has 166 valence electrons. The van der Waals surface area contributed by atoms with Gasteiger partial charge in [0.1, 0.15) is 11.5 Å². The molecule has 6 heteroatoms. The van der Waals surface area contributed by atoms with Crippen LogP contribution in [-0.4, -0.2) is 13.2 Å². The van der Waals surface area contributed by atoms with Crippen molar-refractivity contribution >= 4 is 23.2 Å². The molecule has 4 N–H and O–H groups in total. The highest BCUT2D eigenvalue weighted by Gasteiger charge is 2.02. The first kappa shape index (κ1) is 24.8. The second-order valence-electron chi connectivity index (χ2n) is 7.44. The van der Waals surface area contributed by atoms with Crippen LogP contribution in [0.2, 0.25) is 10.0 Å². The Morgan fingerprint density at radius 2 is 0.933 bits per heavy atom. The molecule has 4 nitrogen and oxygen atoms in total. The fourth-order valence-electron chi connectivity index (χ4n) is 3.21. The number of hydrogen-bond donors (Lipinski definition) is 2. The highest BCUT2D eigenvalue weighted by molar-refractivity contribution is 6.31. The normalized spacial score (nSPS) is 10.9. The van der Waals surface area contributed by atoms with E-state index in [0.717, 1.165) is 48.7 Å². The van der Waals surface area contributed by atoms with Gasteiger partial charge in [-0.1, -0.05) is 73.9 Å². The van der Waals surface area contributed by atoms with E-state index in [1.165, 1.54) is 38.5 Å². The van der Waals surface area contributed by atoms with Gasteiger partial charge in [-0.2, -0.15) is 0 Å². The third-order valence-electron chi connectivity index (χ3n) is 5.07. The molecule has 0 aliphatic rings. The topological polar surface area (TPSA) is 70.5 Å². The van der Waals surface area contributed by atoms with Crippen LogP contribution >= 0.6 is 23.2 Å². The lowest BCUT2D eigenvalue weighted by atomic mass is 10.1. The zero-order valence-electron chi connectivity index (χ0n) is 17.7. The zero-order valence-corrected chi connectivity index (χ0v) is 19.2. The van der Waals surface area contributed by atoms with E-state index in [2.05, 4.69) is 0 Å². The van der Waals surface area contributed by atoms with E-state index in [1.807, 2.05) is 36.4 Å². The lowest BCUT2D eigenvalue weighted by Gasteiger charge is -2.09. The molecule has 0 amide bonds. The summed E-state index contributed by atoms with van der Waals surface area (Å²) in [4.78, 5) is 0. The molecule has 0 aliphatic carbocycles. The first-order valence-electron chi connectivity index (χ1n) is 10.9. The monoisotopic (exact) mass is 452 g/mol. The van der Waals surface area contributed by atoms with Crippen LogP contribution in [0.3, 0.4) is 0 Å². The van der Waals surface area contributed by atoms with Crippen molar-refractivity contribution in [3.8, 4) is 11.5 Å². The van der Waals surface area contributed by atoms with E-state index in [0.29, 0.717) is 23.1 Å². The molecule has 30 heavy (non-hydrogen) atoms. The molecular formula is C24H34Cl2N2O2. The summed E-state index contributed by atoms with van der Waals surface area (Å²) in [5, 5.41) is 1.35. The maximum Gasteiger partial charge on any atom is 0.120 e. The molecule has 2 rings (SSSR count). The SMILES string of the molecule is NCc1ccc(OCCCCCCCCCCOc2ccc(CN)c(Cl)c2)cc1Cl. The molecule has 0 saturated heterocycles. The standard InChI is InChI=1S/C24H34Cl2N2O2/c25-23-15-21(11-9-19(23)17-27)29-13-7-5-3-1-2-4-6-8-14-30-22-12-10-20(18-28)24(26)16-22/h9-12,15-16H,1-8,13-14,17-18,27-28H2. The van der Waals surface area contributed by atoms with Crippen molar-refractivity contribution in [3.05, 3.63) is 57.6 Å². The Kier molecular flexibility index (Phi) is 12.0. The van der Waals surface area contributed by atoms with Gasteiger partial charge in [-0.3, -0.25) is 0 Å². The minimum atomic E-state index is 0.448. The van der Waals surface area contributed by atoms with Crippen LogP contribution in [0.4, 0.5) is 0 Å². The van der Waals surface area contributed by atoms with E-state index in [-0.39, 0.29) is 0 Å². The molecule has 0 spiro atoms. The van der Waals surface area contributed by atoms with Crippen LogP contribution < -0.4 is 20.9 Å². The van der Waals surface area contributed by atoms with Gasteiger partial charge < -0.3 is 20.9 Å². The van der Waals surface area contributed by atoms with Gasteiger partial charge in [0.15, 0.2) is 0 Å². The van der Waals surface area contributed by atoms with Crippen molar-refractivity contribution in [1.29, 1.82) is 0 Å². The summed E-state index contributed by atoms with van der Waals surface area (Å²) >= 11 is 12.3. The fourth-order valence-corrected chi connectivity index (χ4v) is 3.71. The smallest absolute Gasteiger partial charge is 0.120 e. The molecular weight excluding hydrogens is 419 g/mol. The van der Waals surface area contributed by atoms with Crippen LogP contribution in [0, 0.1) is 0 Å². The fraction of sp³-hybridized carbons (Fsp3) is 0.500. The van der Waals surface area contributed by atoms with Crippen molar-refractivity contribution in [3.63, 3.8) is 0 Å². The molecule has 0 bridgehead atoms. The van der Waals surface area contributed by atoms with E-state index in [4.69, 9.17) is 44.1 Å². The number of ether oxygens (including phenoxy) is 2. The van der Waals surface area contributed by atoms with Crippen molar-refractivity contribution < 1.29 is 9.47 Å². The van der Waals surface area contributed by atoms with Gasteiger partial charge in [0, 0.05) is 23.1 Å². The molecule has 0 heterocycles. The predicted octanol–water partition coefficient (Wildman–Crippen LogP) is 6.49. The average molecular weight is 453 g/mol. The molecule has 0 aliphatic heterocycles. The van der Waals surface area contributed by atoms with Crippen LogP contribution in [-0.2, 0) is 13.1 Å². The Morgan fingerprint density at radius 1 is 0.567 bits per heavy atom. The second kappa shape index (κ2) is 14.5. The van der Waals surface area contributed by atoms with E-state index in [9.17, 15) is 0 Å². The number of halogens is 2. The highest BCUT2D eigenvalue weighted by Crippen LogP contribution is 2.23. The summed E-state index contributed by atoms with van der Waals surface area (Å²) in [7, 11) is 0. The molecule has 0 fully saturated rings. The molecule has 0 radical (unpaired) electrons. The summed E-state index contributed by atoms with van der Waals surface area (Å²) in [6, 6.07) is 11.4. The number of benzene rings is 2. The Labute approximate surface area is 190 Å². The molecule has 0 atom stereocenters. The van der Waals surface area contributed by atoms with Crippen molar-refractivity contribution in [2.45, 2.75) is 64.5 Å². The third-order valence-corrected chi connectivity index (χ3v) is 5.77. The van der Waals surface area contributed by atoms with Gasteiger partial charge in [0.05, 0.1) is 13.2 Å². The van der Waals surface area contributed by atoms with E-state index < -0.39 is 0 Å². The molecule has 0 unspecified atom stereocenters. The molecule has 2 aromatic rings. The first-order chi connectivity index (χ1) is 14.6. The van der Waals surface area contributed by atoms with Gasteiger partial charge >= 0.3 is 0 Å². The van der Waals surface area contributed by atoms with Crippen molar-refractivity contribution in [1.82, 2.24) is 0 Å². The number of nitrogens with two attached hydrogens (primary N) is 2. The van der Waals surface area contributed by atoms with Gasteiger partial charge in [-0.05, 0) is 48.2 Å². The number of unbranched alkanes of at least 4 members (excludes halogenated alkanes) is 7. The van der Waals surface area contributed by atoms with Crippen LogP contribution in [0.5, 0.6) is 11.5 Å². The number of rotatable bonds is 15. The maximum absolute atomic E-state index is 6.14. The van der Waals surface area contributed by atoms with Crippen LogP contribution in [0.1, 0.15) is 62.5 Å². The van der Waals surface area contributed by atoms with Gasteiger partial charge in [0.2, 0.25) is 0 Å². The van der Waals surface area contributed by atoms with Crippen LogP contribution in [0.15, 0.2) is 36.4 Å². The number of hydrogen-bond acceptors (Lipinski definition) is 4. The quantitative estimate of drug-likeness (QED) is 0.303. The summed E-state index contributed by atoms with van der Waals surface area (Å²) in [6.45, 7) is 2.35. The first-order valence-corrected chi connectivity index (χ1v) is 11.6. The van der Waals surface area contributed by atoms with Crippen LogP contribution in [0.25, 0.3) is 0 Å². The zero-order chi connectivity index (χ0) is 21.6. The predicted molar refractivity (Wildman–Crippen MR) is 127 cm³/mol. The Balaban J connectivity index is 1.41. The van der Waals surface area contributed by atoms with Crippen molar-refractivity contribution in [2.75, 3.05) is 13.2 Å². The minimum absolute atomic E-state index is 0.448. The summed E-state index contributed by atoms with van der Waals surface area (Å²) < 4.78 is 11.5. The van der Waals surface area contributed by atoms with Gasteiger partial charge in [-0.15, -0.1) is 0 Å². The summed E-state index contributed by atoms with van der Waals surface area (Å²) in [5.74, 6) is 1.63. The Bertz CT molecular complexity index is 692. The lowest BCUT2D eigenvalue weighted by molar-refractivity contribution is 0.301. The second-order valence-corrected chi connectivity index (χ2v) is 8.25. The molecule has 2 aromatic carbocycles. The average Bonchev–Trinajstić information content (AvgIpc) is 2.74. The molecule has 0 saturated carbocycles. The molecule has 0 aromatic heterocycles. The van der Waals surface area contributed by atoms with Gasteiger partial charge in [0.25, 0.3) is 0 Å². The van der Waals surface area contributed by atoms with Crippen molar-refractivity contribution in [2.24, 2.45) is 11.5 Å². The Hall–Kier alpha value is -1.46. The van der Waals surface area contributed by atoms with Gasteiger partial charge in [-0.25, -0.2) is 0 Å². The largest absolute Gasteiger partial charge is 0.494 e. The minimum Gasteiger partial charge on any atom is -0.494 e. The summed E-state index contributed by atoms with van der Waals surface area (Å²) in [6.07, 6.45) is 9.55. The van der Waals surface area contributed by atoms with E-state index >= 15 is 0 Å². The Morgan fingerprint density at radius 3 is 1.27 bits per heavy atom. The summed E-state index contributed by atoms with van der Waals surface area (Å²) in [5.41, 5.74) is 13.1. The lowest BCUT2D eigenvalue weighted by Crippen LogP contribution is -2.00. The third kappa shape index (κ3) is 9.13. The maximum atomic E-state index is 6.14. The highest BCUT2D eigenvalue weighted by atomic mass is 35.5.